The Morgan fingerprint density at radius 2 is 2.08 bits per heavy atom. The van der Waals surface area contributed by atoms with Crippen molar-refractivity contribution in [3.8, 4) is 0 Å². The molecule has 0 spiro atoms. The molecule has 2 aromatic rings. The van der Waals surface area contributed by atoms with Crippen molar-refractivity contribution in [3.05, 3.63) is 59.0 Å². The highest BCUT2D eigenvalue weighted by Crippen LogP contribution is 2.24. The molecule has 1 aliphatic rings. The van der Waals surface area contributed by atoms with Crippen molar-refractivity contribution >= 4 is 11.8 Å². The Labute approximate surface area is 153 Å². The summed E-state index contributed by atoms with van der Waals surface area (Å²) in [5, 5.41) is 9.05. The average Bonchev–Trinajstić information content (AvgIpc) is 3.03. The minimum Gasteiger partial charge on any atom is -0.478 e. The number of hydrogen-bond acceptors (Lipinski definition) is 4. The highest BCUT2D eigenvalue weighted by molar-refractivity contribution is 5.88. The van der Waals surface area contributed by atoms with E-state index in [1.165, 1.54) is 17.7 Å². The van der Waals surface area contributed by atoms with Crippen LogP contribution in [0.3, 0.4) is 0 Å². The lowest BCUT2D eigenvalue weighted by molar-refractivity contribution is 0.0691. The molecule has 1 aromatic heterocycles. The number of carboxylic acid groups (broad SMARTS) is 1. The number of rotatable bonds is 6. The van der Waals surface area contributed by atoms with Gasteiger partial charge in [0.15, 0.2) is 0 Å². The van der Waals surface area contributed by atoms with Gasteiger partial charge in [-0.3, -0.25) is 4.90 Å². The molecule has 0 amide bonds. The van der Waals surface area contributed by atoms with Gasteiger partial charge in [0.25, 0.3) is 0 Å². The van der Waals surface area contributed by atoms with Crippen LogP contribution in [-0.4, -0.2) is 48.1 Å². The van der Waals surface area contributed by atoms with Crippen LogP contribution >= 0.6 is 0 Å². The number of anilines is 1. The fourth-order valence-corrected chi connectivity index (χ4v) is 3.45. The summed E-state index contributed by atoms with van der Waals surface area (Å²) in [6.45, 7) is 2.82. The van der Waals surface area contributed by atoms with Crippen LogP contribution < -0.4 is 4.90 Å². The van der Waals surface area contributed by atoms with E-state index in [1.54, 1.807) is 6.07 Å². The maximum Gasteiger partial charge on any atom is 0.338 e. The van der Waals surface area contributed by atoms with Gasteiger partial charge in [-0.1, -0.05) is 12.1 Å². The Balaban J connectivity index is 1.57. The molecule has 1 fully saturated rings. The van der Waals surface area contributed by atoms with Crippen LogP contribution in [0.15, 0.2) is 36.5 Å². The third-order valence-electron chi connectivity index (χ3n) is 4.83. The molecule has 1 saturated heterocycles. The van der Waals surface area contributed by atoms with Crippen LogP contribution in [0.2, 0.25) is 0 Å². The zero-order chi connectivity index (χ0) is 18.7. The van der Waals surface area contributed by atoms with Gasteiger partial charge in [-0.05, 0) is 54.6 Å². The first-order chi connectivity index (χ1) is 12.4. The van der Waals surface area contributed by atoms with Gasteiger partial charge in [0, 0.05) is 33.4 Å². The van der Waals surface area contributed by atoms with Crippen LogP contribution in [0.4, 0.5) is 10.2 Å². The van der Waals surface area contributed by atoms with E-state index in [4.69, 9.17) is 5.11 Å². The second-order valence-electron chi connectivity index (χ2n) is 7.13. The quantitative estimate of drug-likeness (QED) is 0.861. The minimum absolute atomic E-state index is 0.246. The molecule has 0 saturated carbocycles. The zero-order valence-electron chi connectivity index (χ0n) is 15.2. The van der Waals surface area contributed by atoms with Gasteiger partial charge in [-0.2, -0.15) is 0 Å². The number of benzene rings is 1. The number of carboxylic acids is 1. The average molecular weight is 357 g/mol. The third kappa shape index (κ3) is 4.38. The van der Waals surface area contributed by atoms with Crippen molar-refractivity contribution in [2.24, 2.45) is 5.92 Å². The summed E-state index contributed by atoms with van der Waals surface area (Å²) in [5.41, 5.74) is 1.82. The van der Waals surface area contributed by atoms with Crippen molar-refractivity contribution in [1.29, 1.82) is 0 Å². The molecule has 1 N–H and O–H groups in total. The monoisotopic (exact) mass is 357 g/mol. The summed E-state index contributed by atoms with van der Waals surface area (Å²) in [6.07, 6.45) is 3.75. The number of likely N-dealkylation sites (tertiary alicyclic amines) is 1. The fourth-order valence-electron chi connectivity index (χ4n) is 3.45. The Morgan fingerprint density at radius 3 is 2.73 bits per heavy atom. The number of aromatic nitrogens is 1. The van der Waals surface area contributed by atoms with E-state index in [2.05, 4.69) is 16.0 Å². The molecule has 0 bridgehead atoms. The van der Waals surface area contributed by atoms with Crippen molar-refractivity contribution < 1.29 is 14.3 Å². The third-order valence-corrected chi connectivity index (χ3v) is 4.83. The lowest BCUT2D eigenvalue weighted by atomic mass is 9.97. The second-order valence-corrected chi connectivity index (χ2v) is 7.13. The zero-order valence-corrected chi connectivity index (χ0v) is 15.2. The van der Waals surface area contributed by atoms with Gasteiger partial charge in [0.1, 0.15) is 11.6 Å². The van der Waals surface area contributed by atoms with E-state index in [1.807, 2.05) is 31.3 Å². The predicted octanol–water partition coefficient (Wildman–Crippen LogP) is 3.05. The van der Waals surface area contributed by atoms with Gasteiger partial charge in [-0.25, -0.2) is 14.2 Å². The summed E-state index contributed by atoms with van der Waals surface area (Å²) < 4.78 is 13.5. The van der Waals surface area contributed by atoms with E-state index in [0.29, 0.717) is 5.92 Å². The van der Waals surface area contributed by atoms with Crippen molar-refractivity contribution in [2.45, 2.75) is 19.4 Å². The molecule has 2 heterocycles. The Bertz CT molecular complexity index is 777. The minimum atomic E-state index is -1.22. The fraction of sp³-hybridized carbons (Fsp3) is 0.400. The summed E-state index contributed by atoms with van der Waals surface area (Å²) in [4.78, 5) is 19.9. The first-order valence-corrected chi connectivity index (χ1v) is 8.78. The molecular formula is C20H24FN3O2. The molecule has 1 aromatic carbocycles. The molecule has 5 nitrogen and oxygen atoms in total. The number of hydrogen-bond donors (Lipinski definition) is 1. The topological polar surface area (TPSA) is 56.7 Å². The van der Waals surface area contributed by atoms with E-state index < -0.39 is 11.8 Å². The SMILES string of the molecule is CN(C)c1ccc(CN2CCC(Cc3ccc(F)c(C(=O)O)c3)C2)cn1. The van der Waals surface area contributed by atoms with Gasteiger partial charge in [0.2, 0.25) is 0 Å². The maximum atomic E-state index is 13.5. The Hall–Kier alpha value is -2.47. The number of carbonyl (C=O) groups is 1. The van der Waals surface area contributed by atoms with Crippen LogP contribution in [0.1, 0.15) is 27.9 Å². The van der Waals surface area contributed by atoms with Crippen molar-refractivity contribution in [2.75, 3.05) is 32.1 Å². The molecule has 138 valence electrons. The van der Waals surface area contributed by atoms with Crippen LogP contribution in [0.25, 0.3) is 0 Å². The lowest BCUT2D eigenvalue weighted by Crippen LogP contribution is -2.21. The number of halogens is 1. The largest absolute Gasteiger partial charge is 0.478 e. The smallest absolute Gasteiger partial charge is 0.338 e. The summed E-state index contributed by atoms with van der Waals surface area (Å²) in [6, 6.07) is 8.53. The standard InChI is InChI=1S/C20H24FN3O2/c1-23(2)19-6-4-16(11-22-19)13-24-8-7-15(12-24)9-14-3-5-18(21)17(10-14)20(25)26/h3-6,10-11,15H,7-9,12-13H2,1-2H3,(H,25,26). The maximum absolute atomic E-state index is 13.5. The van der Waals surface area contributed by atoms with Gasteiger partial charge in [-0.15, -0.1) is 0 Å². The summed E-state index contributed by atoms with van der Waals surface area (Å²) in [7, 11) is 3.94. The number of pyridine rings is 1. The van der Waals surface area contributed by atoms with Crippen molar-refractivity contribution in [1.82, 2.24) is 9.88 Å². The molecule has 6 heteroatoms. The lowest BCUT2D eigenvalue weighted by Gasteiger charge is -2.17. The Morgan fingerprint density at radius 1 is 1.31 bits per heavy atom. The van der Waals surface area contributed by atoms with Gasteiger partial charge < -0.3 is 10.0 Å². The van der Waals surface area contributed by atoms with Crippen LogP contribution in [-0.2, 0) is 13.0 Å². The van der Waals surface area contributed by atoms with E-state index in [9.17, 15) is 9.18 Å². The number of aromatic carboxylic acids is 1. The molecular weight excluding hydrogens is 333 g/mol. The molecule has 0 radical (unpaired) electrons. The molecule has 1 aliphatic heterocycles. The predicted molar refractivity (Wildman–Crippen MR) is 99.0 cm³/mol. The molecule has 1 atom stereocenters. The van der Waals surface area contributed by atoms with Crippen molar-refractivity contribution in [3.63, 3.8) is 0 Å². The van der Waals surface area contributed by atoms with Gasteiger partial charge >= 0.3 is 5.97 Å². The van der Waals surface area contributed by atoms with Crippen LogP contribution in [0.5, 0.6) is 0 Å². The van der Waals surface area contributed by atoms with E-state index in [0.717, 1.165) is 43.9 Å². The van der Waals surface area contributed by atoms with E-state index in [-0.39, 0.29) is 5.56 Å². The normalized spacial score (nSPS) is 17.4. The van der Waals surface area contributed by atoms with Gasteiger partial charge in [0.05, 0.1) is 5.56 Å². The second kappa shape index (κ2) is 7.83. The summed E-state index contributed by atoms with van der Waals surface area (Å²) in [5.74, 6) is -0.497. The first kappa shape index (κ1) is 18.3. The molecule has 0 aliphatic carbocycles. The summed E-state index contributed by atoms with van der Waals surface area (Å²) >= 11 is 0. The molecule has 26 heavy (non-hydrogen) atoms. The number of nitrogens with zero attached hydrogens (tertiary/aromatic N) is 3. The van der Waals surface area contributed by atoms with E-state index >= 15 is 0 Å². The molecule has 3 rings (SSSR count). The van der Waals surface area contributed by atoms with Crippen LogP contribution in [0, 0.1) is 11.7 Å². The highest BCUT2D eigenvalue weighted by Gasteiger charge is 2.23. The highest BCUT2D eigenvalue weighted by atomic mass is 19.1. The molecule has 1 unspecified atom stereocenters. The Kier molecular flexibility index (Phi) is 5.52. The first-order valence-electron chi connectivity index (χ1n) is 8.78.